The summed E-state index contributed by atoms with van der Waals surface area (Å²) in [5, 5.41) is 2.97. The van der Waals surface area contributed by atoms with E-state index in [1.807, 2.05) is 25.1 Å². The standard InChI is InChI=1S/C17H25N3O3/c1-12(20-6-5-17(2,10-18)11-20)16(21)19-13-3-4-14-15(9-13)23-8-7-22-14/h3-4,9,12H,5-8,10-11,18H2,1-2H3,(H,19,21). The van der Waals surface area contributed by atoms with Gasteiger partial charge in [-0.1, -0.05) is 6.92 Å². The monoisotopic (exact) mass is 319 g/mol. The van der Waals surface area contributed by atoms with Gasteiger partial charge < -0.3 is 20.5 Å². The van der Waals surface area contributed by atoms with Crippen LogP contribution in [0.15, 0.2) is 18.2 Å². The number of fused-ring (bicyclic) bond motifs is 1. The third kappa shape index (κ3) is 3.43. The number of rotatable bonds is 4. The first-order valence-corrected chi connectivity index (χ1v) is 8.15. The topological polar surface area (TPSA) is 76.8 Å². The van der Waals surface area contributed by atoms with Gasteiger partial charge in [0, 0.05) is 18.3 Å². The van der Waals surface area contributed by atoms with Gasteiger partial charge in [0.05, 0.1) is 6.04 Å². The Balaban J connectivity index is 1.63. The zero-order valence-corrected chi connectivity index (χ0v) is 13.8. The van der Waals surface area contributed by atoms with Gasteiger partial charge in [-0.15, -0.1) is 0 Å². The molecule has 6 heteroatoms. The number of carbonyl (C=O) groups excluding carboxylic acids is 1. The molecule has 0 aromatic heterocycles. The van der Waals surface area contributed by atoms with Crippen molar-refractivity contribution in [3.63, 3.8) is 0 Å². The summed E-state index contributed by atoms with van der Waals surface area (Å²) in [5.74, 6) is 1.39. The summed E-state index contributed by atoms with van der Waals surface area (Å²) in [6.45, 7) is 7.63. The fraction of sp³-hybridized carbons (Fsp3) is 0.588. The second-order valence-corrected chi connectivity index (χ2v) is 6.76. The average molecular weight is 319 g/mol. The van der Waals surface area contributed by atoms with Gasteiger partial charge in [-0.25, -0.2) is 0 Å². The van der Waals surface area contributed by atoms with Crippen LogP contribution in [0.25, 0.3) is 0 Å². The molecule has 0 radical (unpaired) electrons. The van der Waals surface area contributed by atoms with Gasteiger partial charge in [-0.3, -0.25) is 9.69 Å². The smallest absolute Gasteiger partial charge is 0.241 e. The number of nitrogens with two attached hydrogens (primary N) is 1. The Bertz CT molecular complexity index is 592. The molecule has 2 aliphatic heterocycles. The summed E-state index contributed by atoms with van der Waals surface area (Å²) in [7, 11) is 0. The quantitative estimate of drug-likeness (QED) is 0.878. The lowest BCUT2D eigenvalue weighted by Crippen LogP contribution is -2.42. The largest absolute Gasteiger partial charge is 0.486 e. The molecule has 1 amide bonds. The number of hydrogen-bond acceptors (Lipinski definition) is 5. The fourth-order valence-electron chi connectivity index (χ4n) is 3.09. The highest BCUT2D eigenvalue weighted by Gasteiger charge is 2.36. The van der Waals surface area contributed by atoms with E-state index in [1.165, 1.54) is 0 Å². The van der Waals surface area contributed by atoms with Crippen molar-refractivity contribution in [2.45, 2.75) is 26.3 Å². The third-order valence-electron chi connectivity index (χ3n) is 4.82. The molecule has 1 saturated heterocycles. The number of hydrogen-bond donors (Lipinski definition) is 2. The predicted octanol–water partition coefficient (Wildman–Crippen LogP) is 1.46. The maximum atomic E-state index is 12.5. The van der Waals surface area contributed by atoms with E-state index in [0.717, 1.165) is 30.9 Å². The summed E-state index contributed by atoms with van der Waals surface area (Å²) < 4.78 is 11.0. The van der Waals surface area contributed by atoms with Crippen LogP contribution in [-0.2, 0) is 4.79 Å². The van der Waals surface area contributed by atoms with Gasteiger partial charge in [-0.2, -0.15) is 0 Å². The molecule has 2 aliphatic rings. The van der Waals surface area contributed by atoms with E-state index in [9.17, 15) is 4.79 Å². The molecule has 126 valence electrons. The Morgan fingerprint density at radius 3 is 2.83 bits per heavy atom. The molecule has 2 unspecified atom stereocenters. The zero-order valence-electron chi connectivity index (χ0n) is 13.8. The number of carbonyl (C=O) groups is 1. The van der Waals surface area contributed by atoms with Crippen LogP contribution >= 0.6 is 0 Å². The third-order valence-corrected chi connectivity index (χ3v) is 4.82. The van der Waals surface area contributed by atoms with E-state index in [2.05, 4.69) is 17.1 Å². The van der Waals surface area contributed by atoms with Crippen molar-refractivity contribution in [3.05, 3.63) is 18.2 Å². The number of anilines is 1. The maximum Gasteiger partial charge on any atom is 0.241 e. The van der Waals surface area contributed by atoms with Gasteiger partial charge in [-0.05, 0) is 44.0 Å². The van der Waals surface area contributed by atoms with Crippen LogP contribution in [0.2, 0.25) is 0 Å². The molecule has 1 fully saturated rings. The fourth-order valence-corrected chi connectivity index (χ4v) is 3.09. The van der Waals surface area contributed by atoms with Crippen LogP contribution in [0.1, 0.15) is 20.3 Å². The van der Waals surface area contributed by atoms with Crippen LogP contribution in [0.4, 0.5) is 5.69 Å². The predicted molar refractivity (Wildman–Crippen MR) is 88.9 cm³/mol. The molecular weight excluding hydrogens is 294 g/mol. The molecule has 1 aromatic carbocycles. The molecule has 0 aliphatic carbocycles. The van der Waals surface area contributed by atoms with E-state index in [4.69, 9.17) is 15.2 Å². The highest BCUT2D eigenvalue weighted by atomic mass is 16.6. The summed E-state index contributed by atoms with van der Waals surface area (Å²) in [6.07, 6.45) is 1.03. The second-order valence-electron chi connectivity index (χ2n) is 6.76. The molecule has 3 rings (SSSR count). The lowest BCUT2D eigenvalue weighted by atomic mass is 9.90. The van der Waals surface area contributed by atoms with Crippen LogP contribution in [-0.4, -0.2) is 49.7 Å². The Morgan fingerprint density at radius 2 is 2.13 bits per heavy atom. The summed E-state index contributed by atoms with van der Waals surface area (Å²) in [6, 6.07) is 5.30. The minimum absolute atomic E-state index is 0.0112. The van der Waals surface area contributed by atoms with Gasteiger partial charge in [0.25, 0.3) is 0 Å². The highest BCUT2D eigenvalue weighted by Crippen LogP contribution is 2.33. The molecule has 2 atom stereocenters. The van der Waals surface area contributed by atoms with Crippen LogP contribution in [0, 0.1) is 5.41 Å². The number of nitrogens with zero attached hydrogens (tertiary/aromatic N) is 1. The Morgan fingerprint density at radius 1 is 1.39 bits per heavy atom. The first-order chi connectivity index (χ1) is 11.0. The molecule has 1 aromatic rings. The molecule has 0 bridgehead atoms. The number of ether oxygens (including phenoxy) is 2. The first kappa shape index (κ1) is 16.1. The molecule has 0 spiro atoms. The van der Waals surface area contributed by atoms with Gasteiger partial charge >= 0.3 is 0 Å². The highest BCUT2D eigenvalue weighted by molar-refractivity contribution is 5.94. The minimum Gasteiger partial charge on any atom is -0.486 e. The molecule has 2 heterocycles. The van der Waals surface area contributed by atoms with Crippen molar-refractivity contribution < 1.29 is 14.3 Å². The summed E-state index contributed by atoms with van der Waals surface area (Å²) >= 11 is 0. The van der Waals surface area contributed by atoms with Crippen LogP contribution in [0.5, 0.6) is 11.5 Å². The Hall–Kier alpha value is -1.79. The molecule has 0 saturated carbocycles. The van der Waals surface area contributed by atoms with E-state index < -0.39 is 0 Å². The van der Waals surface area contributed by atoms with Gasteiger partial charge in [0.1, 0.15) is 13.2 Å². The first-order valence-electron chi connectivity index (χ1n) is 8.15. The number of benzene rings is 1. The number of nitrogens with one attached hydrogen (secondary N) is 1. The number of likely N-dealkylation sites (tertiary alicyclic amines) is 1. The molecule has 23 heavy (non-hydrogen) atoms. The van der Waals surface area contributed by atoms with Crippen LogP contribution in [0.3, 0.4) is 0 Å². The van der Waals surface area contributed by atoms with Gasteiger partial charge in [0.15, 0.2) is 11.5 Å². The second kappa shape index (κ2) is 6.37. The van der Waals surface area contributed by atoms with E-state index in [0.29, 0.717) is 25.5 Å². The summed E-state index contributed by atoms with van der Waals surface area (Å²) in [4.78, 5) is 14.7. The lowest BCUT2D eigenvalue weighted by Gasteiger charge is -2.26. The minimum atomic E-state index is -0.184. The van der Waals surface area contributed by atoms with Crippen molar-refractivity contribution >= 4 is 11.6 Å². The van der Waals surface area contributed by atoms with E-state index in [-0.39, 0.29) is 17.4 Å². The molecule has 6 nitrogen and oxygen atoms in total. The molecule has 3 N–H and O–H groups in total. The lowest BCUT2D eigenvalue weighted by molar-refractivity contribution is -0.120. The maximum absolute atomic E-state index is 12.5. The van der Waals surface area contributed by atoms with Crippen molar-refractivity contribution in [2.24, 2.45) is 11.1 Å². The van der Waals surface area contributed by atoms with Crippen molar-refractivity contribution in [2.75, 3.05) is 38.2 Å². The Kier molecular flexibility index (Phi) is 4.46. The molecular formula is C17H25N3O3. The average Bonchev–Trinajstić information content (AvgIpc) is 2.97. The van der Waals surface area contributed by atoms with E-state index >= 15 is 0 Å². The van der Waals surface area contributed by atoms with Crippen molar-refractivity contribution in [3.8, 4) is 11.5 Å². The van der Waals surface area contributed by atoms with Crippen molar-refractivity contribution in [1.82, 2.24) is 4.90 Å². The van der Waals surface area contributed by atoms with Crippen molar-refractivity contribution in [1.29, 1.82) is 0 Å². The van der Waals surface area contributed by atoms with Gasteiger partial charge in [0.2, 0.25) is 5.91 Å². The number of amides is 1. The van der Waals surface area contributed by atoms with Crippen LogP contribution < -0.4 is 20.5 Å². The van der Waals surface area contributed by atoms with E-state index in [1.54, 1.807) is 0 Å². The summed E-state index contributed by atoms with van der Waals surface area (Å²) in [5.41, 5.74) is 6.69. The zero-order chi connectivity index (χ0) is 16.4. The normalized spacial score (nSPS) is 25.2. The SMILES string of the molecule is CC(C(=O)Nc1ccc2c(c1)OCCO2)N1CCC(C)(CN)C1. The Labute approximate surface area is 136 Å².